The molecule has 1 aliphatic heterocycles. The van der Waals surface area contributed by atoms with Gasteiger partial charge in [0.05, 0.1) is 0 Å². The molecule has 1 spiro atoms. The molecule has 2 atom stereocenters. The molecule has 2 unspecified atom stereocenters. The summed E-state index contributed by atoms with van der Waals surface area (Å²) in [4.78, 5) is 2.58. The van der Waals surface area contributed by atoms with E-state index in [4.69, 9.17) is 5.73 Å². The van der Waals surface area contributed by atoms with Gasteiger partial charge in [-0.1, -0.05) is 13.3 Å². The Bertz CT molecular complexity index is 231. The summed E-state index contributed by atoms with van der Waals surface area (Å²) >= 11 is 0. The minimum Gasteiger partial charge on any atom is -0.324 e. The SMILES string of the molecule is CC1CCC2(CCN(CC(C)(C)N)C2)C1. The highest BCUT2D eigenvalue weighted by molar-refractivity contribution is 4.96. The molecule has 0 aromatic heterocycles. The molecule has 2 rings (SSSR count). The lowest BCUT2D eigenvalue weighted by molar-refractivity contribution is 0.225. The largest absolute Gasteiger partial charge is 0.324 e. The number of rotatable bonds is 2. The standard InChI is InChI=1S/C13H26N2/c1-11-4-5-13(8-11)6-7-15(10-13)9-12(2,3)14/h11H,4-10,14H2,1-3H3. The van der Waals surface area contributed by atoms with Crippen LogP contribution in [0.2, 0.25) is 0 Å². The van der Waals surface area contributed by atoms with E-state index in [9.17, 15) is 0 Å². The predicted molar refractivity (Wildman–Crippen MR) is 64.8 cm³/mol. The quantitative estimate of drug-likeness (QED) is 0.757. The third-order valence-electron chi connectivity index (χ3n) is 4.10. The van der Waals surface area contributed by atoms with E-state index >= 15 is 0 Å². The molecule has 2 aliphatic rings. The van der Waals surface area contributed by atoms with Crippen molar-refractivity contribution >= 4 is 0 Å². The van der Waals surface area contributed by atoms with Crippen LogP contribution in [0.5, 0.6) is 0 Å². The lowest BCUT2D eigenvalue weighted by Gasteiger charge is -2.28. The molecule has 1 saturated carbocycles. The van der Waals surface area contributed by atoms with Gasteiger partial charge < -0.3 is 10.6 Å². The fourth-order valence-electron chi connectivity index (χ4n) is 3.61. The van der Waals surface area contributed by atoms with Gasteiger partial charge in [0.1, 0.15) is 0 Å². The summed E-state index contributed by atoms with van der Waals surface area (Å²) in [6.07, 6.45) is 5.76. The Morgan fingerprint density at radius 1 is 1.40 bits per heavy atom. The fraction of sp³-hybridized carbons (Fsp3) is 1.00. The van der Waals surface area contributed by atoms with Crippen molar-refractivity contribution in [1.82, 2.24) is 4.90 Å². The van der Waals surface area contributed by atoms with E-state index in [1.807, 2.05) is 0 Å². The Morgan fingerprint density at radius 2 is 2.13 bits per heavy atom. The maximum Gasteiger partial charge on any atom is 0.0226 e. The molecule has 15 heavy (non-hydrogen) atoms. The Balaban J connectivity index is 1.90. The monoisotopic (exact) mass is 210 g/mol. The number of hydrogen-bond donors (Lipinski definition) is 1. The molecule has 0 radical (unpaired) electrons. The zero-order valence-electron chi connectivity index (χ0n) is 10.6. The van der Waals surface area contributed by atoms with Crippen molar-refractivity contribution in [3.63, 3.8) is 0 Å². The zero-order valence-corrected chi connectivity index (χ0v) is 10.6. The summed E-state index contributed by atoms with van der Waals surface area (Å²) in [6.45, 7) is 10.3. The van der Waals surface area contributed by atoms with E-state index in [0.29, 0.717) is 5.41 Å². The second-order valence-corrected chi connectivity index (χ2v) is 6.80. The summed E-state index contributed by atoms with van der Waals surface area (Å²) in [6, 6.07) is 0. The van der Waals surface area contributed by atoms with Crippen LogP contribution in [-0.4, -0.2) is 30.1 Å². The normalized spacial score (nSPS) is 38.0. The van der Waals surface area contributed by atoms with Crippen molar-refractivity contribution in [2.45, 2.75) is 52.0 Å². The van der Waals surface area contributed by atoms with Gasteiger partial charge in [-0.3, -0.25) is 0 Å². The van der Waals surface area contributed by atoms with Crippen LogP contribution in [0.3, 0.4) is 0 Å². The van der Waals surface area contributed by atoms with Crippen molar-refractivity contribution < 1.29 is 0 Å². The number of nitrogens with two attached hydrogens (primary N) is 1. The van der Waals surface area contributed by atoms with Crippen LogP contribution in [0.25, 0.3) is 0 Å². The summed E-state index contributed by atoms with van der Waals surface area (Å²) in [5.41, 5.74) is 6.73. The van der Waals surface area contributed by atoms with Crippen molar-refractivity contribution in [2.24, 2.45) is 17.1 Å². The second-order valence-electron chi connectivity index (χ2n) is 6.80. The van der Waals surface area contributed by atoms with Gasteiger partial charge in [-0.05, 0) is 51.0 Å². The van der Waals surface area contributed by atoms with Gasteiger partial charge in [-0.2, -0.15) is 0 Å². The van der Waals surface area contributed by atoms with Gasteiger partial charge in [-0.25, -0.2) is 0 Å². The minimum absolute atomic E-state index is 0.0320. The summed E-state index contributed by atoms with van der Waals surface area (Å²) in [5, 5.41) is 0. The van der Waals surface area contributed by atoms with Crippen LogP contribution in [0, 0.1) is 11.3 Å². The highest BCUT2D eigenvalue weighted by atomic mass is 15.2. The van der Waals surface area contributed by atoms with Crippen LogP contribution in [0.1, 0.15) is 46.5 Å². The highest BCUT2D eigenvalue weighted by Crippen LogP contribution is 2.47. The Labute approximate surface area is 94.2 Å². The molecule has 88 valence electrons. The maximum atomic E-state index is 6.09. The van der Waals surface area contributed by atoms with Gasteiger partial charge >= 0.3 is 0 Å². The average Bonchev–Trinajstić information content (AvgIpc) is 2.58. The Morgan fingerprint density at radius 3 is 2.67 bits per heavy atom. The van der Waals surface area contributed by atoms with Crippen LogP contribution in [0.4, 0.5) is 0 Å². The molecule has 1 heterocycles. The number of hydrogen-bond acceptors (Lipinski definition) is 2. The molecule has 0 bridgehead atoms. The third-order valence-corrected chi connectivity index (χ3v) is 4.10. The molecular formula is C13H26N2. The zero-order chi connectivity index (χ0) is 11.1. The van der Waals surface area contributed by atoms with Crippen molar-refractivity contribution in [3.05, 3.63) is 0 Å². The first kappa shape index (κ1) is 11.4. The molecule has 0 aromatic carbocycles. The second kappa shape index (κ2) is 3.74. The Hall–Kier alpha value is -0.0800. The predicted octanol–water partition coefficient (Wildman–Crippen LogP) is 2.24. The molecule has 2 N–H and O–H groups in total. The topological polar surface area (TPSA) is 29.3 Å². The van der Waals surface area contributed by atoms with Gasteiger partial charge in [0.2, 0.25) is 0 Å². The fourth-order valence-corrected chi connectivity index (χ4v) is 3.61. The smallest absolute Gasteiger partial charge is 0.0226 e. The van der Waals surface area contributed by atoms with Gasteiger partial charge in [-0.15, -0.1) is 0 Å². The molecular weight excluding hydrogens is 184 g/mol. The van der Waals surface area contributed by atoms with E-state index in [1.54, 1.807) is 0 Å². The third kappa shape index (κ3) is 2.73. The van der Waals surface area contributed by atoms with Gasteiger partial charge in [0, 0.05) is 18.6 Å². The van der Waals surface area contributed by atoms with Crippen LogP contribution >= 0.6 is 0 Å². The number of nitrogens with zero attached hydrogens (tertiary/aromatic N) is 1. The van der Waals surface area contributed by atoms with Crippen molar-refractivity contribution in [3.8, 4) is 0 Å². The average molecular weight is 210 g/mol. The minimum atomic E-state index is -0.0320. The molecule has 1 aliphatic carbocycles. The van der Waals surface area contributed by atoms with Gasteiger partial charge in [0.25, 0.3) is 0 Å². The summed E-state index contributed by atoms with van der Waals surface area (Å²) in [7, 11) is 0. The summed E-state index contributed by atoms with van der Waals surface area (Å²) < 4.78 is 0. The maximum absolute atomic E-state index is 6.09. The number of likely N-dealkylation sites (tertiary alicyclic amines) is 1. The molecule has 1 saturated heterocycles. The van der Waals surface area contributed by atoms with E-state index in [-0.39, 0.29) is 5.54 Å². The van der Waals surface area contributed by atoms with E-state index in [0.717, 1.165) is 12.5 Å². The van der Waals surface area contributed by atoms with Crippen LogP contribution in [-0.2, 0) is 0 Å². The lowest BCUT2D eigenvalue weighted by atomic mass is 9.85. The van der Waals surface area contributed by atoms with Crippen molar-refractivity contribution in [2.75, 3.05) is 19.6 Å². The van der Waals surface area contributed by atoms with E-state index in [2.05, 4.69) is 25.7 Å². The molecule has 2 nitrogen and oxygen atoms in total. The Kier molecular flexibility index (Phi) is 2.85. The molecule has 2 heteroatoms. The van der Waals surface area contributed by atoms with E-state index < -0.39 is 0 Å². The first-order valence-corrected chi connectivity index (χ1v) is 6.40. The molecule has 2 fully saturated rings. The molecule has 0 amide bonds. The first-order chi connectivity index (χ1) is 6.89. The lowest BCUT2D eigenvalue weighted by Crippen LogP contribution is -2.45. The van der Waals surface area contributed by atoms with Crippen LogP contribution in [0.15, 0.2) is 0 Å². The van der Waals surface area contributed by atoms with Crippen LogP contribution < -0.4 is 5.73 Å². The van der Waals surface area contributed by atoms with E-state index in [1.165, 1.54) is 38.8 Å². The first-order valence-electron chi connectivity index (χ1n) is 6.40. The van der Waals surface area contributed by atoms with Gasteiger partial charge in [0.15, 0.2) is 0 Å². The molecule has 0 aromatic rings. The van der Waals surface area contributed by atoms with Crippen molar-refractivity contribution in [1.29, 1.82) is 0 Å². The highest BCUT2D eigenvalue weighted by Gasteiger charge is 2.43. The summed E-state index contributed by atoms with van der Waals surface area (Å²) in [5.74, 6) is 0.954.